The van der Waals surface area contributed by atoms with Gasteiger partial charge in [-0.1, -0.05) is 6.07 Å². The average molecular weight is 366 g/mol. The van der Waals surface area contributed by atoms with E-state index in [1.54, 1.807) is 18.5 Å². The first-order chi connectivity index (χ1) is 12.7. The number of nitrogens with one attached hydrogen (secondary N) is 1. The molecule has 0 bridgehead atoms. The Morgan fingerprint density at radius 1 is 1.15 bits per heavy atom. The van der Waals surface area contributed by atoms with Gasteiger partial charge in [-0.25, -0.2) is 4.98 Å². The van der Waals surface area contributed by atoms with Gasteiger partial charge in [0, 0.05) is 24.0 Å². The summed E-state index contributed by atoms with van der Waals surface area (Å²) in [5.41, 5.74) is 2.34. The van der Waals surface area contributed by atoms with Crippen molar-refractivity contribution in [2.24, 2.45) is 0 Å². The largest absolute Gasteiger partial charge is 0.317 e. The van der Waals surface area contributed by atoms with Crippen LogP contribution < -0.4 is 5.32 Å². The fourth-order valence-corrected chi connectivity index (χ4v) is 4.08. The Balaban J connectivity index is 1.59. The standard InChI is InChI=1S/C19H18N4O2S/c24-18-17(26-19(25)23(18)15-6-9-20-10-7-15)11-14-4-1-5-16(22-14)13-3-2-8-21-12-13/h1-5,8,11-12,15,20H,6-7,9-10H2/b17-11-. The number of nitrogens with zero attached hydrogens (tertiary/aromatic N) is 3. The minimum atomic E-state index is -0.208. The van der Waals surface area contributed by atoms with Crippen LogP contribution in [0.1, 0.15) is 18.5 Å². The highest BCUT2D eigenvalue weighted by molar-refractivity contribution is 8.18. The predicted octanol–water partition coefficient (Wildman–Crippen LogP) is 2.93. The number of carbonyl (C=O) groups excluding carboxylic acids is 2. The molecule has 7 heteroatoms. The molecule has 2 aliphatic heterocycles. The van der Waals surface area contributed by atoms with Crippen LogP contribution in [0.2, 0.25) is 0 Å². The highest BCUT2D eigenvalue weighted by Crippen LogP contribution is 2.35. The lowest BCUT2D eigenvalue weighted by Gasteiger charge is -2.29. The van der Waals surface area contributed by atoms with Crippen molar-refractivity contribution in [3.63, 3.8) is 0 Å². The lowest BCUT2D eigenvalue weighted by atomic mass is 10.1. The van der Waals surface area contributed by atoms with E-state index in [1.165, 1.54) is 4.90 Å². The molecule has 2 fully saturated rings. The average Bonchev–Trinajstić information content (AvgIpc) is 2.96. The van der Waals surface area contributed by atoms with Crippen LogP contribution in [0.4, 0.5) is 4.79 Å². The first-order valence-electron chi connectivity index (χ1n) is 8.57. The van der Waals surface area contributed by atoms with Crippen LogP contribution in [-0.4, -0.2) is 45.1 Å². The molecule has 0 aliphatic carbocycles. The van der Waals surface area contributed by atoms with Gasteiger partial charge in [-0.05, 0) is 68.0 Å². The molecule has 2 aliphatic rings. The summed E-state index contributed by atoms with van der Waals surface area (Å²) in [5.74, 6) is -0.208. The van der Waals surface area contributed by atoms with Gasteiger partial charge < -0.3 is 5.32 Å². The monoisotopic (exact) mass is 366 g/mol. The summed E-state index contributed by atoms with van der Waals surface area (Å²) in [6.07, 6.45) is 6.77. The van der Waals surface area contributed by atoms with E-state index < -0.39 is 0 Å². The number of amides is 2. The molecular weight excluding hydrogens is 348 g/mol. The smallest absolute Gasteiger partial charge is 0.293 e. The van der Waals surface area contributed by atoms with Gasteiger partial charge in [-0.15, -0.1) is 0 Å². The van der Waals surface area contributed by atoms with E-state index in [-0.39, 0.29) is 17.2 Å². The molecule has 26 heavy (non-hydrogen) atoms. The van der Waals surface area contributed by atoms with E-state index in [4.69, 9.17) is 0 Å². The number of rotatable bonds is 3. The van der Waals surface area contributed by atoms with E-state index in [0.717, 1.165) is 49.0 Å². The highest BCUT2D eigenvalue weighted by atomic mass is 32.2. The van der Waals surface area contributed by atoms with Gasteiger partial charge in [0.1, 0.15) is 0 Å². The summed E-state index contributed by atoms with van der Waals surface area (Å²) < 4.78 is 0. The molecule has 0 radical (unpaired) electrons. The van der Waals surface area contributed by atoms with Gasteiger partial charge in [-0.2, -0.15) is 0 Å². The number of aromatic nitrogens is 2. The summed E-state index contributed by atoms with van der Waals surface area (Å²) >= 11 is 0.998. The van der Waals surface area contributed by atoms with Crippen LogP contribution in [0.3, 0.4) is 0 Å². The van der Waals surface area contributed by atoms with Crippen LogP contribution in [-0.2, 0) is 4.79 Å². The van der Waals surface area contributed by atoms with Crippen LogP contribution in [0, 0.1) is 0 Å². The summed E-state index contributed by atoms with van der Waals surface area (Å²) in [4.78, 5) is 35.6. The Morgan fingerprint density at radius 3 is 2.77 bits per heavy atom. The molecule has 1 N–H and O–H groups in total. The van der Waals surface area contributed by atoms with E-state index >= 15 is 0 Å². The van der Waals surface area contributed by atoms with Crippen molar-refractivity contribution in [2.75, 3.05) is 13.1 Å². The summed E-state index contributed by atoms with van der Waals surface area (Å²) in [6, 6.07) is 9.40. The molecule has 2 amide bonds. The second-order valence-corrected chi connectivity index (χ2v) is 7.22. The molecule has 4 rings (SSSR count). The molecule has 4 heterocycles. The normalized spacial score (nSPS) is 20.2. The maximum absolute atomic E-state index is 12.7. The fraction of sp³-hybridized carbons (Fsp3) is 0.263. The van der Waals surface area contributed by atoms with Gasteiger partial charge in [0.05, 0.1) is 16.3 Å². The molecular formula is C19H18N4O2S. The van der Waals surface area contributed by atoms with Gasteiger partial charge >= 0.3 is 0 Å². The van der Waals surface area contributed by atoms with Crippen LogP contribution in [0.5, 0.6) is 0 Å². The van der Waals surface area contributed by atoms with Gasteiger partial charge in [0.15, 0.2) is 0 Å². The summed E-state index contributed by atoms with van der Waals surface area (Å²) in [6.45, 7) is 1.67. The first-order valence-corrected chi connectivity index (χ1v) is 9.39. The number of carbonyl (C=O) groups is 2. The molecule has 0 spiro atoms. The summed E-state index contributed by atoms with van der Waals surface area (Å²) in [7, 11) is 0. The zero-order chi connectivity index (χ0) is 17.9. The number of thioether (sulfide) groups is 1. The van der Waals surface area contributed by atoms with E-state index in [9.17, 15) is 9.59 Å². The maximum atomic E-state index is 12.7. The zero-order valence-corrected chi connectivity index (χ0v) is 14.9. The Hall–Kier alpha value is -2.51. The zero-order valence-electron chi connectivity index (χ0n) is 14.1. The Labute approximate surface area is 155 Å². The third-order valence-electron chi connectivity index (χ3n) is 4.50. The lowest BCUT2D eigenvalue weighted by Crippen LogP contribution is -2.45. The topological polar surface area (TPSA) is 75.2 Å². The number of pyridine rings is 2. The third kappa shape index (κ3) is 3.40. The van der Waals surface area contributed by atoms with Gasteiger partial charge in [0.2, 0.25) is 0 Å². The van der Waals surface area contributed by atoms with Gasteiger partial charge in [-0.3, -0.25) is 19.5 Å². The molecule has 132 valence electrons. The Kier molecular flexibility index (Phi) is 4.81. The highest BCUT2D eigenvalue weighted by Gasteiger charge is 2.40. The molecule has 2 aromatic rings. The maximum Gasteiger partial charge on any atom is 0.293 e. The number of hydrogen-bond donors (Lipinski definition) is 1. The van der Waals surface area contributed by atoms with E-state index in [1.807, 2.05) is 30.3 Å². The minimum absolute atomic E-state index is 0.00987. The van der Waals surface area contributed by atoms with E-state index in [2.05, 4.69) is 15.3 Å². The minimum Gasteiger partial charge on any atom is -0.317 e. The Bertz CT molecular complexity index is 863. The SMILES string of the molecule is O=C1S/C(=C\c2cccc(-c3cccnc3)n2)C(=O)N1C1CCNCC1. The lowest BCUT2D eigenvalue weighted by molar-refractivity contribution is -0.124. The molecule has 2 saturated heterocycles. The number of imide groups is 1. The van der Waals surface area contributed by atoms with Crippen molar-refractivity contribution in [3.05, 3.63) is 53.3 Å². The molecule has 0 saturated carbocycles. The van der Waals surface area contributed by atoms with Crippen molar-refractivity contribution < 1.29 is 9.59 Å². The van der Waals surface area contributed by atoms with Crippen LogP contribution in [0.25, 0.3) is 17.3 Å². The second kappa shape index (κ2) is 7.39. The van der Waals surface area contributed by atoms with E-state index in [0.29, 0.717) is 10.6 Å². The molecule has 0 atom stereocenters. The van der Waals surface area contributed by atoms with Crippen molar-refractivity contribution in [2.45, 2.75) is 18.9 Å². The predicted molar refractivity (Wildman–Crippen MR) is 101 cm³/mol. The molecule has 0 unspecified atom stereocenters. The molecule has 0 aromatic carbocycles. The quantitative estimate of drug-likeness (QED) is 0.842. The van der Waals surface area contributed by atoms with Crippen LogP contribution >= 0.6 is 11.8 Å². The fourth-order valence-electron chi connectivity index (χ4n) is 3.20. The first kappa shape index (κ1) is 16.9. The van der Waals surface area contributed by atoms with Gasteiger partial charge in [0.25, 0.3) is 11.1 Å². The number of piperidine rings is 1. The third-order valence-corrected chi connectivity index (χ3v) is 5.39. The summed E-state index contributed by atoms with van der Waals surface area (Å²) in [5, 5.41) is 3.07. The number of hydrogen-bond acceptors (Lipinski definition) is 6. The molecule has 2 aromatic heterocycles. The van der Waals surface area contributed by atoms with Crippen LogP contribution in [0.15, 0.2) is 47.6 Å². The second-order valence-electron chi connectivity index (χ2n) is 6.22. The van der Waals surface area contributed by atoms with Crippen molar-refractivity contribution in [3.8, 4) is 11.3 Å². The van der Waals surface area contributed by atoms with Crippen molar-refractivity contribution >= 4 is 29.0 Å². The van der Waals surface area contributed by atoms with Crippen molar-refractivity contribution in [1.82, 2.24) is 20.2 Å². The molecule has 6 nitrogen and oxygen atoms in total. The van der Waals surface area contributed by atoms with Crippen molar-refractivity contribution in [1.29, 1.82) is 0 Å². The Morgan fingerprint density at radius 2 is 2.00 bits per heavy atom.